The number of nitriles is 1. The van der Waals surface area contributed by atoms with Gasteiger partial charge in [0.05, 0.1) is 18.6 Å². The first-order chi connectivity index (χ1) is 7.13. The minimum absolute atomic E-state index is 0.0369. The minimum Gasteiger partial charge on any atom is -0.472 e. The zero-order valence-electron chi connectivity index (χ0n) is 8.56. The lowest BCUT2D eigenvalue weighted by Gasteiger charge is -2.05. The monoisotopic (exact) mass is 205 g/mol. The van der Waals surface area contributed by atoms with E-state index in [1.807, 2.05) is 0 Å². The second kappa shape index (κ2) is 5.01. The number of ether oxygens (including phenoxy) is 1. The van der Waals surface area contributed by atoms with Crippen molar-refractivity contribution in [3.8, 4) is 6.07 Å². The topological polar surface area (TPSA) is 63.2 Å². The van der Waals surface area contributed by atoms with Crippen LogP contribution in [0.2, 0.25) is 0 Å². The maximum atomic E-state index is 11.4. The predicted molar refractivity (Wildman–Crippen MR) is 53.5 cm³/mol. The molecule has 4 nitrogen and oxygen atoms in total. The standard InChI is InChI=1S/C11H11NO3/c1-8(2)15-11(13)10(6-12)5-9-3-4-14-7-9/h3-5,7-8H,1-2H3/b10-5+. The molecule has 4 heteroatoms. The van der Waals surface area contributed by atoms with E-state index in [0.717, 1.165) is 0 Å². The molecule has 0 aliphatic heterocycles. The number of nitrogens with zero attached hydrogens (tertiary/aromatic N) is 1. The molecular weight excluding hydrogens is 194 g/mol. The fourth-order valence-electron chi connectivity index (χ4n) is 0.938. The van der Waals surface area contributed by atoms with E-state index in [4.69, 9.17) is 14.4 Å². The SMILES string of the molecule is CC(C)OC(=O)/C(C#N)=C/c1ccoc1. The van der Waals surface area contributed by atoms with E-state index in [2.05, 4.69) is 0 Å². The number of rotatable bonds is 3. The van der Waals surface area contributed by atoms with Crippen molar-refractivity contribution in [2.45, 2.75) is 20.0 Å². The Morgan fingerprint density at radius 3 is 2.87 bits per heavy atom. The maximum Gasteiger partial charge on any atom is 0.349 e. The average molecular weight is 205 g/mol. The van der Waals surface area contributed by atoms with Crippen LogP contribution < -0.4 is 0 Å². The fraction of sp³-hybridized carbons (Fsp3) is 0.273. The van der Waals surface area contributed by atoms with E-state index in [-0.39, 0.29) is 11.7 Å². The Morgan fingerprint density at radius 1 is 1.67 bits per heavy atom. The van der Waals surface area contributed by atoms with E-state index in [9.17, 15) is 4.79 Å². The zero-order chi connectivity index (χ0) is 11.3. The lowest BCUT2D eigenvalue weighted by molar-refractivity contribution is -0.142. The summed E-state index contributed by atoms with van der Waals surface area (Å²) >= 11 is 0. The van der Waals surface area contributed by atoms with Crippen LogP contribution in [0.3, 0.4) is 0 Å². The number of carbonyl (C=O) groups excluding carboxylic acids is 1. The molecule has 0 aliphatic rings. The van der Waals surface area contributed by atoms with Gasteiger partial charge >= 0.3 is 5.97 Å². The smallest absolute Gasteiger partial charge is 0.349 e. The first-order valence-electron chi connectivity index (χ1n) is 4.48. The summed E-state index contributed by atoms with van der Waals surface area (Å²) in [7, 11) is 0. The van der Waals surface area contributed by atoms with Crippen LogP contribution in [0.15, 0.2) is 28.6 Å². The molecule has 0 saturated carbocycles. The van der Waals surface area contributed by atoms with Crippen molar-refractivity contribution in [1.29, 1.82) is 5.26 Å². The van der Waals surface area contributed by atoms with Crippen LogP contribution in [0.1, 0.15) is 19.4 Å². The molecule has 1 rings (SSSR count). The molecule has 0 aromatic carbocycles. The summed E-state index contributed by atoms with van der Waals surface area (Å²) in [6, 6.07) is 3.44. The second-order valence-corrected chi connectivity index (χ2v) is 3.18. The van der Waals surface area contributed by atoms with Crippen LogP contribution in [0.25, 0.3) is 6.08 Å². The fourth-order valence-corrected chi connectivity index (χ4v) is 0.938. The van der Waals surface area contributed by atoms with E-state index in [1.165, 1.54) is 18.6 Å². The lowest BCUT2D eigenvalue weighted by Crippen LogP contribution is -2.12. The first-order valence-corrected chi connectivity index (χ1v) is 4.48. The van der Waals surface area contributed by atoms with E-state index < -0.39 is 5.97 Å². The van der Waals surface area contributed by atoms with Crippen LogP contribution in [0, 0.1) is 11.3 Å². The third kappa shape index (κ3) is 3.31. The molecule has 0 spiro atoms. The van der Waals surface area contributed by atoms with Gasteiger partial charge in [0.25, 0.3) is 0 Å². The van der Waals surface area contributed by atoms with E-state index >= 15 is 0 Å². The second-order valence-electron chi connectivity index (χ2n) is 3.18. The van der Waals surface area contributed by atoms with Gasteiger partial charge in [0, 0.05) is 5.56 Å². The molecule has 0 aliphatic carbocycles. The summed E-state index contributed by atoms with van der Waals surface area (Å²) in [5.41, 5.74) is 0.623. The molecule has 0 amide bonds. The number of hydrogen-bond donors (Lipinski definition) is 0. The Labute approximate surface area is 87.8 Å². The summed E-state index contributed by atoms with van der Waals surface area (Å²) < 4.78 is 9.71. The molecular formula is C11H11NO3. The molecule has 0 fully saturated rings. The molecule has 1 aromatic heterocycles. The Balaban J connectivity index is 2.81. The molecule has 0 radical (unpaired) electrons. The number of furan rings is 1. The van der Waals surface area contributed by atoms with Gasteiger partial charge in [0.15, 0.2) is 0 Å². The highest BCUT2D eigenvalue weighted by Crippen LogP contribution is 2.09. The van der Waals surface area contributed by atoms with Gasteiger partial charge in [-0.15, -0.1) is 0 Å². The average Bonchev–Trinajstić information content (AvgIpc) is 2.65. The van der Waals surface area contributed by atoms with Crippen molar-refractivity contribution in [2.24, 2.45) is 0 Å². The minimum atomic E-state index is -0.617. The Morgan fingerprint density at radius 2 is 2.40 bits per heavy atom. The Hall–Kier alpha value is -2.02. The van der Waals surface area contributed by atoms with Crippen molar-refractivity contribution in [3.63, 3.8) is 0 Å². The van der Waals surface area contributed by atoms with E-state index in [1.54, 1.807) is 26.0 Å². The van der Waals surface area contributed by atoms with Gasteiger partial charge in [0.1, 0.15) is 11.6 Å². The number of esters is 1. The maximum absolute atomic E-state index is 11.4. The Kier molecular flexibility index (Phi) is 3.69. The van der Waals surface area contributed by atoms with Crippen LogP contribution in [0.5, 0.6) is 0 Å². The van der Waals surface area contributed by atoms with Crippen molar-refractivity contribution >= 4 is 12.0 Å². The van der Waals surface area contributed by atoms with Gasteiger partial charge in [0.2, 0.25) is 0 Å². The van der Waals surface area contributed by atoms with Crippen LogP contribution in [-0.2, 0) is 9.53 Å². The summed E-state index contributed by atoms with van der Waals surface area (Å²) in [6.07, 6.45) is 4.10. The lowest BCUT2D eigenvalue weighted by atomic mass is 10.2. The quantitative estimate of drug-likeness (QED) is 0.431. The molecule has 0 atom stereocenters. The highest BCUT2D eigenvalue weighted by molar-refractivity contribution is 5.97. The summed E-state index contributed by atoms with van der Waals surface area (Å²) in [6.45, 7) is 3.45. The van der Waals surface area contributed by atoms with Crippen LogP contribution in [-0.4, -0.2) is 12.1 Å². The largest absolute Gasteiger partial charge is 0.472 e. The highest BCUT2D eigenvalue weighted by Gasteiger charge is 2.12. The number of hydrogen-bond acceptors (Lipinski definition) is 4. The summed E-state index contributed by atoms with van der Waals surface area (Å²) in [4.78, 5) is 11.4. The first kappa shape index (κ1) is 11.1. The number of carbonyl (C=O) groups is 1. The van der Waals surface area contributed by atoms with Gasteiger partial charge in [-0.05, 0) is 26.0 Å². The van der Waals surface area contributed by atoms with Crippen LogP contribution >= 0.6 is 0 Å². The predicted octanol–water partition coefficient (Wildman–Crippen LogP) is 2.14. The van der Waals surface area contributed by atoms with Gasteiger partial charge in [-0.1, -0.05) is 0 Å². The normalized spacial score (nSPS) is 11.2. The molecule has 78 valence electrons. The molecule has 15 heavy (non-hydrogen) atoms. The third-order valence-corrected chi connectivity index (χ3v) is 1.54. The van der Waals surface area contributed by atoms with Gasteiger partial charge in [-0.2, -0.15) is 5.26 Å². The zero-order valence-corrected chi connectivity index (χ0v) is 8.56. The molecule has 0 saturated heterocycles. The van der Waals surface area contributed by atoms with Crippen molar-refractivity contribution in [3.05, 3.63) is 29.7 Å². The summed E-state index contributed by atoms with van der Waals surface area (Å²) in [5, 5.41) is 8.76. The van der Waals surface area contributed by atoms with Crippen molar-refractivity contribution in [2.75, 3.05) is 0 Å². The Bertz CT molecular complexity index is 396. The van der Waals surface area contributed by atoms with Crippen molar-refractivity contribution in [1.82, 2.24) is 0 Å². The van der Waals surface area contributed by atoms with E-state index in [0.29, 0.717) is 5.56 Å². The van der Waals surface area contributed by atoms with Gasteiger partial charge < -0.3 is 9.15 Å². The molecule has 0 bridgehead atoms. The third-order valence-electron chi connectivity index (χ3n) is 1.54. The highest BCUT2D eigenvalue weighted by atomic mass is 16.5. The van der Waals surface area contributed by atoms with Crippen LogP contribution in [0.4, 0.5) is 0 Å². The molecule has 0 N–H and O–H groups in total. The van der Waals surface area contributed by atoms with Gasteiger partial charge in [-0.3, -0.25) is 0 Å². The summed E-state index contributed by atoms with van der Waals surface area (Å²) in [5.74, 6) is -0.617. The molecule has 1 aromatic rings. The molecule has 1 heterocycles. The molecule has 0 unspecified atom stereocenters. The van der Waals surface area contributed by atoms with Gasteiger partial charge in [-0.25, -0.2) is 4.79 Å². The van der Waals surface area contributed by atoms with Crippen molar-refractivity contribution < 1.29 is 13.9 Å².